The molecule has 1 aromatic rings. The van der Waals surface area contributed by atoms with Gasteiger partial charge in [0.1, 0.15) is 0 Å². The van der Waals surface area contributed by atoms with Gasteiger partial charge in [0.25, 0.3) is 0 Å². The number of benzene rings is 1. The quantitative estimate of drug-likeness (QED) is 0.652. The average molecular weight is 353 g/mol. The summed E-state index contributed by atoms with van der Waals surface area (Å²) in [6, 6.07) is 2.19. The van der Waals surface area contributed by atoms with Gasteiger partial charge in [0.05, 0.1) is 17.2 Å². The van der Waals surface area contributed by atoms with Crippen LogP contribution in [-0.4, -0.2) is 12.0 Å². The van der Waals surface area contributed by atoms with E-state index in [4.69, 9.17) is 0 Å². The molecular formula is C11H7F3INO. The molecule has 1 aliphatic heterocycles. The normalized spacial score (nSPS) is 19.4. The summed E-state index contributed by atoms with van der Waals surface area (Å²) in [5.74, 6) is -0.573. The van der Waals surface area contributed by atoms with Crippen LogP contribution >= 0.6 is 22.6 Å². The lowest BCUT2D eigenvalue weighted by Gasteiger charge is -2.17. The summed E-state index contributed by atoms with van der Waals surface area (Å²) < 4.78 is 38.0. The van der Waals surface area contributed by atoms with Crippen molar-refractivity contribution in [2.45, 2.75) is 13.1 Å². The van der Waals surface area contributed by atoms with Crippen molar-refractivity contribution in [2.75, 3.05) is 0 Å². The minimum Gasteiger partial charge on any atom is -0.293 e. The van der Waals surface area contributed by atoms with Gasteiger partial charge in [0.2, 0.25) is 0 Å². The van der Waals surface area contributed by atoms with Gasteiger partial charge in [0.15, 0.2) is 5.78 Å². The van der Waals surface area contributed by atoms with Crippen LogP contribution < -0.4 is 0 Å². The lowest BCUT2D eigenvalue weighted by molar-refractivity contribution is -0.138. The number of hydrogen-bond acceptors (Lipinski definition) is 2. The molecule has 2 rings (SSSR count). The predicted octanol–water partition coefficient (Wildman–Crippen LogP) is 3.84. The largest absolute Gasteiger partial charge is 0.417 e. The van der Waals surface area contributed by atoms with Crippen molar-refractivity contribution in [1.82, 2.24) is 0 Å². The highest BCUT2D eigenvalue weighted by Gasteiger charge is 2.35. The van der Waals surface area contributed by atoms with Crippen molar-refractivity contribution in [3.05, 3.63) is 26.8 Å². The number of rotatable bonds is 0. The highest BCUT2D eigenvalue weighted by atomic mass is 127. The summed E-state index contributed by atoms with van der Waals surface area (Å²) in [5, 5.41) is 0. The van der Waals surface area contributed by atoms with Crippen LogP contribution in [0.4, 0.5) is 18.9 Å². The summed E-state index contributed by atoms with van der Waals surface area (Å²) in [7, 11) is 0. The Morgan fingerprint density at radius 3 is 2.59 bits per heavy atom. The van der Waals surface area contributed by atoms with E-state index in [1.165, 1.54) is 12.3 Å². The van der Waals surface area contributed by atoms with E-state index >= 15 is 0 Å². The van der Waals surface area contributed by atoms with Crippen LogP contribution in [0.15, 0.2) is 17.1 Å². The van der Waals surface area contributed by atoms with Crippen LogP contribution in [0.2, 0.25) is 0 Å². The molecule has 1 heterocycles. The number of hydrogen-bond donors (Lipinski definition) is 0. The van der Waals surface area contributed by atoms with Gasteiger partial charge in [0, 0.05) is 15.3 Å². The average Bonchev–Trinajstić information content (AvgIpc) is 2.22. The van der Waals surface area contributed by atoms with Crippen LogP contribution in [0.1, 0.15) is 22.8 Å². The number of nitrogens with zero attached hydrogens (tertiary/aromatic N) is 1. The number of alkyl halides is 3. The molecule has 1 aliphatic rings. The molecule has 0 aliphatic carbocycles. The standard InChI is InChI=1S/C11H7F3INO/c1-5-4-16-9-3-7(11(12,13)14)8(15)2-6(9)10(5)17/h2-5H,1H3. The van der Waals surface area contributed by atoms with E-state index in [2.05, 4.69) is 4.99 Å². The minimum atomic E-state index is -4.42. The van der Waals surface area contributed by atoms with Gasteiger partial charge in [-0.25, -0.2) is 0 Å². The van der Waals surface area contributed by atoms with Crippen molar-refractivity contribution < 1.29 is 18.0 Å². The summed E-state index contributed by atoms with van der Waals surface area (Å²) in [6.07, 6.45) is -3.05. The summed E-state index contributed by atoms with van der Waals surface area (Å²) in [6.45, 7) is 1.67. The van der Waals surface area contributed by atoms with Crippen molar-refractivity contribution in [1.29, 1.82) is 0 Å². The SMILES string of the molecule is CC1C=Nc2cc(C(F)(F)F)c(I)cc2C1=O. The molecule has 0 saturated carbocycles. The molecule has 0 saturated heterocycles. The lowest BCUT2D eigenvalue weighted by atomic mass is 9.95. The Bertz CT molecular complexity index is 522. The summed E-state index contributed by atoms with van der Waals surface area (Å²) in [4.78, 5) is 15.6. The molecule has 2 nitrogen and oxygen atoms in total. The summed E-state index contributed by atoms with van der Waals surface area (Å²) in [5.41, 5.74) is -0.394. The van der Waals surface area contributed by atoms with E-state index in [-0.39, 0.29) is 26.5 Å². The van der Waals surface area contributed by atoms with Crippen molar-refractivity contribution >= 4 is 40.3 Å². The fourth-order valence-corrected chi connectivity index (χ4v) is 2.36. The summed E-state index contributed by atoms with van der Waals surface area (Å²) >= 11 is 1.58. The van der Waals surface area contributed by atoms with Crippen LogP contribution in [0, 0.1) is 9.49 Å². The highest BCUT2D eigenvalue weighted by Crippen LogP contribution is 2.38. The smallest absolute Gasteiger partial charge is 0.293 e. The van der Waals surface area contributed by atoms with Gasteiger partial charge in [-0.15, -0.1) is 0 Å². The Kier molecular flexibility index (Phi) is 3.01. The number of carbonyl (C=O) groups is 1. The Hall–Kier alpha value is -0.920. The van der Waals surface area contributed by atoms with Crippen molar-refractivity contribution in [3.63, 3.8) is 0 Å². The first-order valence-electron chi connectivity index (χ1n) is 4.80. The van der Waals surface area contributed by atoms with E-state index in [0.29, 0.717) is 0 Å². The van der Waals surface area contributed by atoms with Crippen LogP contribution in [0.25, 0.3) is 0 Å². The topological polar surface area (TPSA) is 29.4 Å². The third-order valence-electron chi connectivity index (χ3n) is 2.51. The zero-order valence-electron chi connectivity index (χ0n) is 8.68. The number of halogens is 4. The predicted molar refractivity (Wildman–Crippen MR) is 65.8 cm³/mol. The zero-order valence-corrected chi connectivity index (χ0v) is 10.8. The zero-order chi connectivity index (χ0) is 12.8. The first-order chi connectivity index (χ1) is 7.80. The van der Waals surface area contributed by atoms with Crippen LogP contribution in [0.5, 0.6) is 0 Å². The third-order valence-corrected chi connectivity index (χ3v) is 3.40. The minimum absolute atomic E-state index is 0.0199. The van der Waals surface area contributed by atoms with E-state index in [1.54, 1.807) is 29.5 Å². The molecule has 17 heavy (non-hydrogen) atoms. The van der Waals surface area contributed by atoms with Gasteiger partial charge in [-0.2, -0.15) is 13.2 Å². The third kappa shape index (κ3) is 2.22. The first kappa shape index (κ1) is 12.5. The van der Waals surface area contributed by atoms with E-state index in [0.717, 1.165) is 6.07 Å². The molecule has 0 bridgehead atoms. The van der Waals surface area contributed by atoms with Gasteiger partial charge < -0.3 is 0 Å². The molecule has 0 amide bonds. The molecule has 0 radical (unpaired) electrons. The number of carbonyl (C=O) groups excluding carboxylic acids is 1. The Morgan fingerprint density at radius 1 is 1.35 bits per heavy atom. The first-order valence-corrected chi connectivity index (χ1v) is 5.87. The molecule has 1 unspecified atom stereocenters. The second kappa shape index (κ2) is 4.08. The molecule has 90 valence electrons. The molecule has 1 atom stereocenters. The van der Waals surface area contributed by atoms with Gasteiger partial charge in [-0.05, 0) is 34.7 Å². The van der Waals surface area contributed by atoms with Gasteiger partial charge in [-0.1, -0.05) is 6.92 Å². The fourth-order valence-electron chi connectivity index (χ4n) is 1.59. The molecular weight excluding hydrogens is 346 g/mol. The van der Waals surface area contributed by atoms with Gasteiger partial charge >= 0.3 is 6.18 Å². The maximum Gasteiger partial charge on any atom is 0.417 e. The second-order valence-corrected chi connectivity index (χ2v) is 4.94. The van der Waals surface area contributed by atoms with E-state index < -0.39 is 11.7 Å². The monoisotopic (exact) mass is 353 g/mol. The molecule has 1 aromatic carbocycles. The van der Waals surface area contributed by atoms with Gasteiger partial charge in [-0.3, -0.25) is 9.79 Å². The maximum absolute atomic E-state index is 12.7. The Balaban J connectivity index is 2.62. The van der Waals surface area contributed by atoms with Crippen LogP contribution in [-0.2, 0) is 6.18 Å². The van der Waals surface area contributed by atoms with Crippen molar-refractivity contribution in [3.8, 4) is 0 Å². The molecule has 6 heteroatoms. The Morgan fingerprint density at radius 2 is 2.00 bits per heavy atom. The number of aliphatic imine (C=N–C) groups is 1. The number of Topliss-reactive ketones (excluding diaryl/α,β-unsaturated/α-hetero) is 1. The van der Waals surface area contributed by atoms with E-state index in [9.17, 15) is 18.0 Å². The van der Waals surface area contributed by atoms with Crippen LogP contribution in [0.3, 0.4) is 0 Å². The Labute approximate surface area is 109 Å². The van der Waals surface area contributed by atoms with E-state index in [1.807, 2.05) is 0 Å². The maximum atomic E-state index is 12.7. The lowest BCUT2D eigenvalue weighted by Crippen LogP contribution is -2.18. The number of ketones is 1. The molecule has 0 N–H and O–H groups in total. The highest BCUT2D eigenvalue weighted by molar-refractivity contribution is 14.1. The fraction of sp³-hybridized carbons (Fsp3) is 0.273. The van der Waals surface area contributed by atoms with Crippen molar-refractivity contribution in [2.24, 2.45) is 10.9 Å². The second-order valence-electron chi connectivity index (χ2n) is 3.78. The number of fused-ring (bicyclic) bond motifs is 1. The molecule has 0 spiro atoms. The molecule has 0 fully saturated rings. The molecule has 0 aromatic heterocycles.